The molecule has 0 aromatic carbocycles. The summed E-state index contributed by atoms with van der Waals surface area (Å²) in [4.78, 5) is 37.6. The number of aliphatic carboxylic acids is 1. The zero-order chi connectivity index (χ0) is 69.0. The number of quaternary nitrogens is 1. The molecule has 0 aromatic rings. The first-order chi connectivity index (χ1) is 46.6. The first-order valence-electron chi connectivity index (χ1n) is 43.2. The molecule has 2 atom stereocenters. The zero-order valence-electron chi connectivity index (χ0n) is 65.1. The van der Waals surface area contributed by atoms with Crippen LogP contribution in [0.15, 0.2) is 0 Å². The Morgan fingerprint density at radius 2 is 0.474 bits per heavy atom. The minimum Gasteiger partial charge on any atom is -0.545 e. The van der Waals surface area contributed by atoms with E-state index in [4.69, 9.17) is 18.9 Å². The molecule has 9 nitrogen and oxygen atoms in total. The molecule has 95 heavy (non-hydrogen) atoms. The van der Waals surface area contributed by atoms with E-state index in [9.17, 15) is 19.5 Å². The Kier molecular flexibility index (Phi) is 76.6. The normalized spacial score (nSPS) is 12.5. The second-order valence-electron chi connectivity index (χ2n) is 31.2. The number of hydrogen-bond donors (Lipinski definition) is 0. The fourth-order valence-corrected chi connectivity index (χ4v) is 13.8. The van der Waals surface area contributed by atoms with Crippen LogP contribution in [0.2, 0.25) is 0 Å². The number of unbranched alkanes of at least 4 members (excludes halogenated alkanes) is 68. The summed E-state index contributed by atoms with van der Waals surface area (Å²) in [5, 5.41) is 11.9. The molecule has 0 bridgehead atoms. The summed E-state index contributed by atoms with van der Waals surface area (Å²) in [6.45, 7) is 4.86. The summed E-state index contributed by atoms with van der Waals surface area (Å²) >= 11 is 0. The van der Waals surface area contributed by atoms with E-state index in [0.717, 1.165) is 38.5 Å². The van der Waals surface area contributed by atoms with Crippen LogP contribution in [0.5, 0.6) is 0 Å². The Labute approximate surface area is 593 Å². The highest BCUT2D eigenvalue weighted by Gasteiger charge is 2.22. The lowest BCUT2D eigenvalue weighted by molar-refractivity contribution is -0.870. The van der Waals surface area contributed by atoms with Crippen LogP contribution in [-0.2, 0) is 33.3 Å². The molecule has 0 aromatic heterocycles. The van der Waals surface area contributed by atoms with Crippen molar-refractivity contribution in [2.24, 2.45) is 0 Å². The van der Waals surface area contributed by atoms with E-state index in [1.807, 2.05) is 21.1 Å². The summed E-state index contributed by atoms with van der Waals surface area (Å²) in [6.07, 6.45) is 94.1. The quantitative estimate of drug-likeness (QED) is 0.0256. The molecule has 9 heteroatoms. The number of rotatable bonds is 83. The molecule has 0 spiro atoms. The van der Waals surface area contributed by atoms with Crippen molar-refractivity contribution in [3.63, 3.8) is 0 Å². The summed E-state index contributed by atoms with van der Waals surface area (Å²) in [5.41, 5.74) is 0. The number of carbonyl (C=O) groups is 3. The van der Waals surface area contributed by atoms with Crippen molar-refractivity contribution in [3.8, 4) is 0 Å². The molecule has 0 aliphatic heterocycles. The molecule has 0 rings (SSSR count). The third-order valence-electron chi connectivity index (χ3n) is 20.4. The average Bonchev–Trinajstić information content (AvgIpc) is 3.75. The van der Waals surface area contributed by atoms with Crippen molar-refractivity contribution in [2.45, 2.75) is 489 Å². The molecule has 0 aliphatic rings. The molecule has 0 heterocycles. The van der Waals surface area contributed by atoms with Gasteiger partial charge in [-0.15, -0.1) is 0 Å². The number of carboxylic acid groups (broad SMARTS) is 1. The number of carboxylic acids is 1. The monoisotopic (exact) mass is 1340 g/mol. The summed E-state index contributed by atoms with van der Waals surface area (Å²) in [5.74, 6) is -2.24. The van der Waals surface area contributed by atoms with Gasteiger partial charge in [-0.3, -0.25) is 9.59 Å². The average molecular weight is 1350 g/mol. The van der Waals surface area contributed by atoms with Gasteiger partial charge in [0.25, 0.3) is 0 Å². The minimum atomic E-state index is -1.62. The van der Waals surface area contributed by atoms with Crippen LogP contribution in [0.1, 0.15) is 476 Å². The topological polar surface area (TPSA) is 111 Å². The van der Waals surface area contributed by atoms with Gasteiger partial charge in [-0.2, -0.15) is 0 Å². The van der Waals surface area contributed by atoms with Crippen molar-refractivity contribution in [1.82, 2.24) is 0 Å². The van der Waals surface area contributed by atoms with Crippen LogP contribution in [0.4, 0.5) is 0 Å². The Morgan fingerprint density at radius 1 is 0.274 bits per heavy atom. The molecule has 0 radical (unpaired) electrons. The number of likely N-dealkylation sites (N-methyl/N-ethyl adjacent to an activating group) is 1. The Hall–Kier alpha value is -1.71. The molecule has 0 amide bonds. The van der Waals surface area contributed by atoms with Crippen LogP contribution in [-0.4, -0.2) is 82.3 Å². The number of esters is 2. The third kappa shape index (κ3) is 79.5. The number of hydrogen-bond acceptors (Lipinski definition) is 8. The number of nitrogens with zero attached hydrogens (tertiary/aromatic N) is 1. The van der Waals surface area contributed by atoms with Gasteiger partial charge in [0.2, 0.25) is 0 Å². The second kappa shape index (κ2) is 78.0. The Balaban J connectivity index is 3.90. The summed E-state index contributed by atoms with van der Waals surface area (Å²) in [7, 11) is 5.96. The maximum atomic E-state index is 13.0. The SMILES string of the molecule is CCCCCCCCCCCCCCCCCCCCCCCCCCCCCCCCCCCCCCCC(=O)OC(COC(=O)CCCCCCCCCCCCCCCCCCCCCCCCCCCCCCCCCCC)COC(OCC[N+](C)(C)C)C(=O)[O-]. The van der Waals surface area contributed by atoms with E-state index < -0.39 is 24.3 Å². The molecule has 2 unspecified atom stereocenters. The maximum absolute atomic E-state index is 13.0. The molecule has 566 valence electrons. The van der Waals surface area contributed by atoms with Crippen LogP contribution in [0.25, 0.3) is 0 Å². The van der Waals surface area contributed by atoms with Crippen molar-refractivity contribution in [3.05, 3.63) is 0 Å². The van der Waals surface area contributed by atoms with Gasteiger partial charge in [0, 0.05) is 12.8 Å². The first kappa shape index (κ1) is 93.3. The van der Waals surface area contributed by atoms with E-state index in [0.29, 0.717) is 17.4 Å². The van der Waals surface area contributed by atoms with Gasteiger partial charge in [0.05, 0.1) is 40.3 Å². The van der Waals surface area contributed by atoms with E-state index in [1.54, 1.807) is 0 Å². The van der Waals surface area contributed by atoms with Crippen LogP contribution in [0, 0.1) is 0 Å². The number of carbonyl (C=O) groups excluding carboxylic acids is 3. The summed E-state index contributed by atoms with van der Waals surface area (Å²) in [6, 6.07) is 0. The van der Waals surface area contributed by atoms with Gasteiger partial charge in [0.1, 0.15) is 13.2 Å². The predicted octanol–water partition coefficient (Wildman–Crippen LogP) is 26.4. The van der Waals surface area contributed by atoms with Gasteiger partial charge in [-0.25, -0.2) is 0 Å². The first-order valence-corrected chi connectivity index (χ1v) is 43.2. The van der Waals surface area contributed by atoms with Gasteiger partial charge < -0.3 is 33.3 Å². The van der Waals surface area contributed by atoms with Crippen LogP contribution >= 0.6 is 0 Å². The Morgan fingerprint density at radius 3 is 0.674 bits per heavy atom. The fraction of sp³-hybridized carbons (Fsp3) is 0.965. The van der Waals surface area contributed by atoms with E-state index in [2.05, 4.69) is 13.8 Å². The van der Waals surface area contributed by atoms with E-state index in [1.165, 1.54) is 411 Å². The van der Waals surface area contributed by atoms with E-state index >= 15 is 0 Å². The van der Waals surface area contributed by atoms with Crippen molar-refractivity contribution < 1.29 is 42.9 Å². The van der Waals surface area contributed by atoms with Gasteiger partial charge in [-0.05, 0) is 12.8 Å². The minimum absolute atomic E-state index is 0.154. The molecule has 0 fully saturated rings. The lowest BCUT2D eigenvalue weighted by atomic mass is 10.0. The van der Waals surface area contributed by atoms with Crippen molar-refractivity contribution in [1.29, 1.82) is 0 Å². The molecule has 0 N–H and O–H groups in total. The van der Waals surface area contributed by atoms with Gasteiger partial charge >= 0.3 is 11.9 Å². The smallest absolute Gasteiger partial charge is 0.306 e. The lowest BCUT2D eigenvalue weighted by Gasteiger charge is -2.26. The molecule has 0 saturated heterocycles. The maximum Gasteiger partial charge on any atom is 0.306 e. The van der Waals surface area contributed by atoms with Crippen LogP contribution < -0.4 is 5.11 Å². The Bertz CT molecular complexity index is 1520. The van der Waals surface area contributed by atoms with Gasteiger partial charge in [0.15, 0.2) is 12.4 Å². The fourth-order valence-electron chi connectivity index (χ4n) is 13.8. The highest BCUT2D eigenvalue weighted by molar-refractivity contribution is 5.70. The summed E-state index contributed by atoms with van der Waals surface area (Å²) < 4.78 is 22.9. The van der Waals surface area contributed by atoms with Gasteiger partial charge in [-0.1, -0.05) is 450 Å². The van der Waals surface area contributed by atoms with E-state index in [-0.39, 0.29) is 32.2 Å². The second-order valence-corrected chi connectivity index (χ2v) is 31.2. The highest BCUT2D eigenvalue weighted by Crippen LogP contribution is 2.21. The predicted molar refractivity (Wildman–Crippen MR) is 408 cm³/mol. The molecular formula is C86H169NO8. The standard InChI is InChI=1S/C86H169NO8/c1-6-8-10-12-14-16-18-20-22-24-26-28-30-32-34-36-38-40-41-42-43-45-47-49-51-53-55-57-59-61-63-65-67-69-71-73-75-77-84(89)95-82(81-94-86(85(90)91)92-79-78-87(3,4)5)80-93-83(88)76-74-72-70-68-66-64-62-60-58-56-54-52-50-48-46-44-39-37-35-33-31-29-27-25-23-21-19-17-15-13-11-9-7-2/h82,86H,6-81H2,1-5H3. The lowest BCUT2D eigenvalue weighted by Crippen LogP contribution is -2.44. The highest BCUT2D eigenvalue weighted by atomic mass is 16.7. The molecule has 0 saturated carbocycles. The molecular weight excluding hydrogens is 1170 g/mol. The largest absolute Gasteiger partial charge is 0.545 e. The number of ether oxygens (including phenoxy) is 4. The van der Waals surface area contributed by atoms with Crippen LogP contribution in [0.3, 0.4) is 0 Å². The molecule has 0 aliphatic carbocycles. The zero-order valence-corrected chi connectivity index (χ0v) is 65.1. The van der Waals surface area contributed by atoms with Crippen molar-refractivity contribution >= 4 is 17.9 Å². The van der Waals surface area contributed by atoms with Crippen molar-refractivity contribution in [2.75, 3.05) is 47.5 Å². The third-order valence-corrected chi connectivity index (χ3v) is 20.4.